The van der Waals surface area contributed by atoms with E-state index in [4.69, 9.17) is 0 Å². The highest BCUT2D eigenvalue weighted by atomic mass is 15.2. The summed E-state index contributed by atoms with van der Waals surface area (Å²) in [5, 5.41) is 0. The van der Waals surface area contributed by atoms with Gasteiger partial charge in [-0.25, -0.2) is 0 Å². The number of aromatic nitrogens is 3. The molecule has 0 saturated heterocycles. The van der Waals surface area contributed by atoms with E-state index < -0.39 is 0 Å². The molecule has 0 bridgehead atoms. The standard InChI is InChI=1S/C38H57N5/c1-2-3-4-5-6-7-8-9-10-11-12-13-14-15-16-23-30-42(33-36-24-17-20-27-39-36)31-32-43(34-37-25-18-21-28-40-37)35-38-26-19-22-29-41-38/h17-22,24-29,31-32H,2-16,23,30,33-35H2,1H3/b32-31+. The summed E-state index contributed by atoms with van der Waals surface area (Å²) in [6.07, 6.45) is 32.4. The van der Waals surface area contributed by atoms with Crippen molar-refractivity contribution >= 4 is 0 Å². The van der Waals surface area contributed by atoms with Gasteiger partial charge in [-0.05, 0) is 42.8 Å². The van der Waals surface area contributed by atoms with Gasteiger partial charge in [0.1, 0.15) is 0 Å². The van der Waals surface area contributed by atoms with E-state index in [1.165, 1.54) is 103 Å². The van der Waals surface area contributed by atoms with Crippen molar-refractivity contribution in [1.82, 2.24) is 24.8 Å². The van der Waals surface area contributed by atoms with E-state index >= 15 is 0 Å². The number of hydrogen-bond acceptors (Lipinski definition) is 5. The minimum absolute atomic E-state index is 0.740. The van der Waals surface area contributed by atoms with Gasteiger partial charge in [0.2, 0.25) is 0 Å². The molecule has 0 aliphatic carbocycles. The first-order valence-electron chi connectivity index (χ1n) is 17.2. The second-order valence-corrected chi connectivity index (χ2v) is 11.9. The molecule has 0 aliphatic heterocycles. The summed E-state index contributed by atoms with van der Waals surface area (Å²) in [4.78, 5) is 18.4. The third kappa shape index (κ3) is 16.9. The molecule has 0 saturated carbocycles. The Kier molecular flexibility index (Phi) is 18.6. The molecule has 0 atom stereocenters. The number of pyridine rings is 3. The third-order valence-electron chi connectivity index (χ3n) is 8.06. The highest BCUT2D eigenvalue weighted by Gasteiger charge is 2.07. The summed E-state index contributed by atoms with van der Waals surface area (Å²) >= 11 is 0. The molecule has 0 spiro atoms. The van der Waals surface area contributed by atoms with Crippen LogP contribution in [0.2, 0.25) is 0 Å². The fourth-order valence-corrected chi connectivity index (χ4v) is 5.52. The van der Waals surface area contributed by atoms with Crippen LogP contribution >= 0.6 is 0 Å². The smallest absolute Gasteiger partial charge is 0.0601 e. The fraction of sp³-hybridized carbons (Fsp3) is 0.553. The Morgan fingerprint density at radius 1 is 0.442 bits per heavy atom. The summed E-state index contributed by atoms with van der Waals surface area (Å²) in [5.74, 6) is 0. The Labute approximate surface area is 262 Å². The third-order valence-corrected chi connectivity index (χ3v) is 8.06. The highest BCUT2D eigenvalue weighted by molar-refractivity contribution is 5.08. The summed E-state index contributed by atoms with van der Waals surface area (Å²) in [6.45, 7) is 5.63. The molecule has 0 fully saturated rings. The van der Waals surface area contributed by atoms with Crippen LogP contribution in [0.4, 0.5) is 0 Å². The maximum atomic E-state index is 4.60. The number of nitrogens with zero attached hydrogens (tertiary/aromatic N) is 5. The zero-order valence-corrected chi connectivity index (χ0v) is 27.0. The molecule has 0 amide bonds. The van der Waals surface area contributed by atoms with Crippen LogP contribution in [-0.4, -0.2) is 31.3 Å². The summed E-state index contributed by atoms with van der Waals surface area (Å²) in [5.41, 5.74) is 3.21. The van der Waals surface area contributed by atoms with E-state index in [9.17, 15) is 0 Å². The van der Waals surface area contributed by atoms with E-state index in [0.29, 0.717) is 0 Å². The van der Waals surface area contributed by atoms with Crippen molar-refractivity contribution in [3.63, 3.8) is 0 Å². The first kappa shape index (κ1) is 34.3. The van der Waals surface area contributed by atoms with Gasteiger partial charge in [-0.1, -0.05) is 121 Å². The van der Waals surface area contributed by atoms with Crippen LogP contribution in [0.5, 0.6) is 0 Å². The molecule has 0 unspecified atom stereocenters. The largest absolute Gasteiger partial charge is 0.370 e. The number of unbranched alkanes of at least 4 members (excludes halogenated alkanes) is 15. The predicted molar refractivity (Wildman–Crippen MR) is 181 cm³/mol. The average Bonchev–Trinajstić information content (AvgIpc) is 3.04. The average molecular weight is 584 g/mol. The highest BCUT2D eigenvalue weighted by Crippen LogP contribution is 2.15. The minimum atomic E-state index is 0.740. The van der Waals surface area contributed by atoms with Gasteiger partial charge in [-0.2, -0.15) is 0 Å². The second-order valence-electron chi connectivity index (χ2n) is 11.9. The fourth-order valence-electron chi connectivity index (χ4n) is 5.52. The lowest BCUT2D eigenvalue weighted by Crippen LogP contribution is -2.22. The molecule has 3 aromatic rings. The first-order valence-corrected chi connectivity index (χ1v) is 17.2. The lowest BCUT2D eigenvalue weighted by atomic mass is 10.0. The Morgan fingerprint density at radius 2 is 0.791 bits per heavy atom. The van der Waals surface area contributed by atoms with Crippen molar-refractivity contribution in [1.29, 1.82) is 0 Å². The van der Waals surface area contributed by atoms with E-state index in [1.807, 2.05) is 36.8 Å². The molecule has 43 heavy (non-hydrogen) atoms. The summed E-state index contributed by atoms with van der Waals surface area (Å²) in [6, 6.07) is 18.4. The Hall–Kier alpha value is -3.21. The van der Waals surface area contributed by atoms with Gasteiger partial charge >= 0.3 is 0 Å². The summed E-state index contributed by atoms with van der Waals surface area (Å²) < 4.78 is 0. The van der Waals surface area contributed by atoms with Crippen LogP contribution in [0.15, 0.2) is 85.6 Å². The first-order chi connectivity index (χ1) is 21.3. The van der Waals surface area contributed by atoms with E-state index in [1.54, 1.807) is 0 Å². The number of hydrogen-bond donors (Lipinski definition) is 0. The SMILES string of the molecule is CCCCCCCCCCCCCCCCCCN(/C=C/N(Cc1ccccn1)Cc1ccccn1)Cc1ccccn1. The van der Waals surface area contributed by atoms with Crippen molar-refractivity contribution < 1.29 is 0 Å². The minimum Gasteiger partial charge on any atom is -0.370 e. The van der Waals surface area contributed by atoms with Gasteiger partial charge < -0.3 is 9.80 Å². The van der Waals surface area contributed by atoms with Crippen LogP contribution < -0.4 is 0 Å². The molecular weight excluding hydrogens is 526 g/mol. The van der Waals surface area contributed by atoms with Gasteiger partial charge in [0.05, 0.1) is 36.7 Å². The van der Waals surface area contributed by atoms with E-state index in [2.05, 4.69) is 80.5 Å². The van der Waals surface area contributed by atoms with Crippen molar-refractivity contribution in [2.24, 2.45) is 0 Å². The van der Waals surface area contributed by atoms with E-state index in [-0.39, 0.29) is 0 Å². The zero-order valence-electron chi connectivity index (χ0n) is 27.0. The van der Waals surface area contributed by atoms with Crippen molar-refractivity contribution in [3.8, 4) is 0 Å². The maximum Gasteiger partial charge on any atom is 0.0601 e. The predicted octanol–water partition coefficient (Wildman–Crippen LogP) is 10.1. The van der Waals surface area contributed by atoms with E-state index in [0.717, 1.165) is 43.3 Å². The van der Waals surface area contributed by atoms with Gasteiger partial charge in [0.25, 0.3) is 0 Å². The van der Waals surface area contributed by atoms with Crippen molar-refractivity contribution in [3.05, 3.63) is 103 Å². The number of rotatable bonds is 25. The summed E-state index contributed by atoms with van der Waals surface area (Å²) in [7, 11) is 0. The topological polar surface area (TPSA) is 45.2 Å². The molecule has 0 N–H and O–H groups in total. The Bertz CT molecular complexity index is 1020. The van der Waals surface area contributed by atoms with Crippen LogP contribution in [0.1, 0.15) is 127 Å². The second kappa shape index (κ2) is 23.3. The molecule has 0 radical (unpaired) electrons. The Morgan fingerprint density at radius 3 is 1.16 bits per heavy atom. The van der Waals surface area contributed by atoms with Gasteiger partial charge in [-0.3, -0.25) is 15.0 Å². The molecular formula is C38H57N5. The van der Waals surface area contributed by atoms with Gasteiger partial charge in [0, 0.05) is 37.5 Å². The molecule has 3 heterocycles. The molecule has 3 aromatic heterocycles. The van der Waals surface area contributed by atoms with Crippen molar-refractivity contribution in [2.45, 2.75) is 129 Å². The van der Waals surface area contributed by atoms with Crippen LogP contribution in [-0.2, 0) is 19.6 Å². The monoisotopic (exact) mass is 583 g/mol. The molecule has 5 heteroatoms. The van der Waals surface area contributed by atoms with Gasteiger partial charge in [0.15, 0.2) is 0 Å². The van der Waals surface area contributed by atoms with Gasteiger partial charge in [-0.15, -0.1) is 0 Å². The van der Waals surface area contributed by atoms with Crippen LogP contribution in [0, 0.1) is 0 Å². The molecule has 234 valence electrons. The normalized spacial score (nSPS) is 11.3. The molecule has 3 rings (SSSR count). The Balaban J connectivity index is 1.38. The molecule has 0 aromatic carbocycles. The quantitative estimate of drug-likeness (QED) is 0.0929. The maximum absolute atomic E-state index is 4.60. The van der Waals surface area contributed by atoms with Crippen molar-refractivity contribution in [2.75, 3.05) is 6.54 Å². The molecule has 5 nitrogen and oxygen atoms in total. The lowest BCUT2D eigenvalue weighted by Gasteiger charge is -2.24. The lowest BCUT2D eigenvalue weighted by molar-refractivity contribution is 0.316. The zero-order chi connectivity index (χ0) is 30.0. The van der Waals surface area contributed by atoms with Crippen LogP contribution in [0.3, 0.4) is 0 Å². The molecule has 0 aliphatic rings. The van der Waals surface area contributed by atoms with Crippen LogP contribution in [0.25, 0.3) is 0 Å².